The largest absolute Gasteiger partial charge is 0.497 e. The Morgan fingerprint density at radius 1 is 1.08 bits per heavy atom. The Balaban J connectivity index is 2.00. The molecule has 0 heterocycles. The summed E-state index contributed by atoms with van der Waals surface area (Å²) in [5, 5.41) is 5.19. The van der Waals surface area contributed by atoms with E-state index in [2.05, 4.69) is 10.6 Å². The van der Waals surface area contributed by atoms with Crippen LogP contribution in [0.25, 0.3) is 0 Å². The lowest BCUT2D eigenvalue weighted by atomic mass is 10.1. The first-order valence-electron chi connectivity index (χ1n) is 7.52. The predicted octanol–water partition coefficient (Wildman–Crippen LogP) is 2.40. The van der Waals surface area contributed by atoms with Crippen molar-refractivity contribution >= 4 is 23.2 Å². The second-order valence-electron chi connectivity index (χ2n) is 5.51. The van der Waals surface area contributed by atoms with Gasteiger partial charge in [-0.05, 0) is 49.2 Å². The minimum absolute atomic E-state index is 0.316. The van der Waals surface area contributed by atoms with E-state index < -0.39 is 11.8 Å². The van der Waals surface area contributed by atoms with E-state index in [1.165, 1.54) is 0 Å². The number of anilines is 2. The topological polar surface area (TPSA) is 93.4 Å². The van der Waals surface area contributed by atoms with Crippen molar-refractivity contribution in [1.82, 2.24) is 5.32 Å². The maximum atomic E-state index is 12.1. The minimum Gasteiger partial charge on any atom is -0.497 e. The van der Waals surface area contributed by atoms with Gasteiger partial charge in [0.25, 0.3) is 0 Å². The molecule has 2 aromatic rings. The number of benzene rings is 2. The molecule has 0 saturated heterocycles. The number of rotatable bonds is 4. The van der Waals surface area contributed by atoms with Gasteiger partial charge in [0.1, 0.15) is 5.75 Å². The molecule has 6 nitrogen and oxygen atoms in total. The lowest BCUT2D eigenvalue weighted by Crippen LogP contribution is -2.37. The first-order valence-corrected chi connectivity index (χ1v) is 7.52. The van der Waals surface area contributed by atoms with E-state index in [9.17, 15) is 9.59 Å². The number of hydrogen-bond acceptors (Lipinski definition) is 4. The molecule has 0 radical (unpaired) electrons. The Morgan fingerprint density at radius 2 is 1.75 bits per heavy atom. The Kier molecular flexibility index (Phi) is 5.42. The summed E-state index contributed by atoms with van der Waals surface area (Å²) in [6, 6.07) is 12.2. The molecule has 6 heteroatoms. The highest BCUT2D eigenvalue weighted by atomic mass is 16.5. The van der Waals surface area contributed by atoms with Gasteiger partial charge >= 0.3 is 11.8 Å². The molecule has 126 valence electrons. The van der Waals surface area contributed by atoms with Gasteiger partial charge in [0.2, 0.25) is 0 Å². The van der Waals surface area contributed by atoms with E-state index in [4.69, 9.17) is 10.5 Å². The van der Waals surface area contributed by atoms with Crippen molar-refractivity contribution in [1.29, 1.82) is 0 Å². The Morgan fingerprint density at radius 3 is 2.38 bits per heavy atom. The van der Waals surface area contributed by atoms with Gasteiger partial charge < -0.3 is 21.1 Å². The van der Waals surface area contributed by atoms with Crippen LogP contribution in [0.2, 0.25) is 0 Å². The fourth-order valence-electron chi connectivity index (χ4n) is 2.20. The van der Waals surface area contributed by atoms with Crippen LogP contribution in [0.4, 0.5) is 11.4 Å². The molecule has 24 heavy (non-hydrogen) atoms. The van der Waals surface area contributed by atoms with Crippen LogP contribution in [0, 0.1) is 6.92 Å². The first-order chi connectivity index (χ1) is 11.4. The SMILES string of the molecule is COc1ccc(C(C)NC(=O)C(=O)Nc2cc(C)ccc2N)cc1. The van der Waals surface area contributed by atoms with Crippen molar-refractivity contribution in [3.63, 3.8) is 0 Å². The zero-order valence-corrected chi connectivity index (χ0v) is 13.9. The van der Waals surface area contributed by atoms with Crippen molar-refractivity contribution in [2.45, 2.75) is 19.9 Å². The zero-order chi connectivity index (χ0) is 17.7. The van der Waals surface area contributed by atoms with Crippen LogP contribution in [0.1, 0.15) is 24.1 Å². The molecule has 0 aliphatic heterocycles. The van der Waals surface area contributed by atoms with Crippen molar-refractivity contribution in [3.05, 3.63) is 53.6 Å². The van der Waals surface area contributed by atoms with Crippen molar-refractivity contribution in [2.75, 3.05) is 18.2 Å². The van der Waals surface area contributed by atoms with Crippen molar-refractivity contribution in [2.24, 2.45) is 0 Å². The lowest BCUT2D eigenvalue weighted by Gasteiger charge is -2.15. The van der Waals surface area contributed by atoms with Crippen LogP contribution in [-0.2, 0) is 9.59 Å². The number of nitrogens with one attached hydrogen (secondary N) is 2. The number of methoxy groups -OCH3 is 1. The number of hydrogen-bond donors (Lipinski definition) is 3. The lowest BCUT2D eigenvalue weighted by molar-refractivity contribution is -0.136. The molecule has 0 aliphatic rings. The molecule has 0 aliphatic carbocycles. The van der Waals surface area contributed by atoms with E-state index in [1.54, 1.807) is 38.3 Å². The summed E-state index contributed by atoms with van der Waals surface area (Å²) in [6.07, 6.45) is 0. The molecule has 0 bridgehead atoms. The van der Waals surface area contributed by atoms with Crippen LogP contribution in [0.3, 0.4) is 0 Å². The summed E-state index contributed by atoms with van der Waals surface area (Å²) >= 11 is 0. The van der Waals surface area contributed by atoms with Crippen LogP contribution < -0.4 is 21.1 Å². The second kappa shape index (κ2) is 7.50. The average Bonchev–Trinajstić information content (AvgIpc) is 2.58. The van der Waals surface area contributed by atoms with Gasteiger partial charge in [-0.15, -0.1) is 0 Å². The maximum absolute atomic E-state index is 12.1. The molecule has 2 aromatic carbocycles. The number of nitrogens with two attached hydrogens (primary N) is 1. The number of carbonyl (C=O) groups excluding carboxylic acids is 2. The number of nitrogen functional groups attached to an aromatic ring is 1. The molecule has 0 fully saturated rings. The number of ether oxygens (including phenoxy) is 1. The molecule has 0 saturated carbocycles. The first kappa shape index (κ1) is 17.3. The van der Waals surface area contributed by atoms with E-state index in [-0.39, 0.29) is 6.04 Å². The van der Waals surface area contributed by atoms with Gasteiger partial charge in [-0.2, -0.15) is 0 Å². The predicted molar refractivity (Wildman–Crippen MR) is 93.8 cm³/mol. The number of aryl methyl sites for hydroxylation is 1. The smallest absolute Gasteiger partial charge is 0.313 e. The fraction of sp³-hybridized carbons (Fsp3) is 0.222. The van der Waals surface area contributed by atoms with Crippen molar-refractivity contribution < 1.29 is 14.3 Å². The zero-order valence-electron chi connectivity index (χ0n) is 13.9. The third kappa shape index (κ3) is 4.25. The highest BCUT2D eigenvalue weighted by Gasteiger charge is 2.18. The second-order valence-corrected chi connectivity index (χ2v) is 5.51. The molecule has 2 rings (SSSR count). The Hall–Kier alpha value is -3.02. The van der Waals surface area contributed by atoms with Crippen LogP contribution in [-0.4, -0.2) is 18.9 Å². The average molecular weight is 327 g/mol. The summed E-state index contributed by atoms with van der Waals surface area (Å²) in [5.74, 6) is -0.753. The van der Waals surface area contributed by atoms with Gasteiger partial charge in [0.05, 0.1) is 24.5 Å². The summed E-state index contributed by atoms with van der Waals surface area (Å²) in [7, 11) is 1.58. The molecular formula is C18H21N3O3. The molecular weight excluding hydrogens is 306 g/mol. The third-order valence-corrected chi connectivity index (χ3v) is 3.63. The van der Waals surface area contributed by atoms with Crippen molar-refractivity contribution in [3.8, 4) is 5.75 Å². The van der Waals surface area contributed by atoms with Gasteiger partial charge in [-0.25, -0.2) is 0 Å². The highest BCUT2D eigenvalue weighted by molar-refractivity contribution is 6.40. The van der Waals surface area contributed by atoms with E-state index in [1.807, 2.05) is 25.1 Å². The van der Waals surface area contributed by atoms with Gasteiger partial charge in [-0.3, -0.25) is 9.59 Å². The van der Waals surface area contributed by atoms with E-state index in [0.717, 1.165) is 16.9 Å². The van der Waals surface area contributed by atoms with Gasteiger partial charge in [-0.1, -0.05) is 18.2 Å². The Labute approximate surface area is 141 Å². The molecule has 4 N–H and O–H groups in total. The van der Waals surface area contributed by atoms with E-state index >= 15 is 0 Å². The van der Waals surface area contributed by atoms with Gasteiger partial charge in [0, 0.05) is 0 Å². The number of carbonyl (C=O) groups is 2. The number of amides is 2. The molecule has 1 atom stereocenters. The van der Waals surface area contributed by atoms with E-state index in [0.29, 0.717) is 11.4 Å². The Bertz CT molecular complexity index is 742. The summed E-state index contributed by atoms with van der Waals surface area (Å²) in [5.41, 5.74) is 8.43. The van der Waals surface area contributed by atoms with Crippen LogP contribution in [0.15, 0.2) is 42.5 Å². The normalized spacial score (nSPS) is 11.5. The molecule has 0 aromatic heterocycles. The maximum Gasteiger partial charge on any atom is 0.313 e. The highest BCUT2D eigenvalue weighted by Crippen LogP contribution is 2.20. The molecule has 0 spiro atoms. The molecule has 2 amide bonds. The quantitative estimate of drug-likeness (QED) is 0.594. The monoisotopic (exact) mass is 327 g/mol. The van der Waals surface area contributed by atoms with Crippen LogP contribution >= 0.6 is 0 Å². The minimum atomic E-state index is -0.757. The van der Waals surface area contributed by atoms with Crippen LogP contribution in [0.5, 0.6) is 5.75 Å². The standard InChI is InChI=1S/C18H21N3O3/c1-11-4-9-15(19)16(10-11)21-18(23)17(22)20-12(2)13-5-7-14(24-3)8-6-13/h4-10,12H,19H2,1-3H3,(H,20,22)(H,21,23). The van der Waals surface area contributed by atoms with Gasteiger partial charge in [0.15, 0.2) is 0 Å². The molecule has 1 unspecified atom stereocenters. The summed E-state index contributed by atoms with van der Waals surface area (Å²) in [6.45, 7) is 3.68. The fourth-order valence-corrected chi connectivity index (χ4v) is 2.20. The summed E-state index contributed by atoms with van der Waals surface area (Å²) in [4.78, 5) is 24.1. The third-order valence-electron chi connectivity index (χ3n) is 3.63. The summed E-state index contributed by atoms with van der Waals surface area (Å²) < 4.78 is 5.09.